The Hall–Kier alpha value is -1.68. The van der Waals surface area contributed by atoms with Crippen LogP contribution in [0.25, 0.3) is 11.0 Å². The Labute approximate surface area is 98.8 Å². The van der Waals surface area contributed by atoms with Crippen molar-refractivity contribution in [2.45, 2.75) is 6.92 Å². The van der Waals surface area contributed by atoms with Crippen LogP contribution in [0.5, 0.6) is 0 Å². The van der Waals surface area contributed by atoms with Crippen LogP contribution in [0.4, 0.5) is 5.69 Å². The number of halogens is 1. The standard InChI is InChI=1S/C11H11NO3.ClH/c1-2-14-11(13)10-6-7-5-8(12)3-4-9(7)15-10;/h3-6H,2,12H2,1H3;1H. The number of nitrogens with two attached hydrogens (primary N) is 1. The molecule has 5 heteroatoms. The Kier molecular flexibility index (Phi) is 3.79. The predicted molar refractivity (Wildman–Crippen MR) is 63.8 cm³/mol. The fraction of sp³-hybridized carbons (Fsp3) is 0.182. The van der Waals surface area contributed by atoms with E-state index in [0.29, 0.717) is 17.9 Å². The van der Waals surface area contributed by atoms with Crippen molar-refractivity contribution in [2.24, 2.45) is 0 Å². The first-order valence-corrected chi connectivity index (χ1v) is 4.67. The lowest BCUT2D eigenvalue weighted by atomic mass is 10.2. The Bertz CT molecular complexity index is 507. The molecule has 0 atom stereocenters. The molecule has 0 radical (unpaired) electrons. The number of hydrogen-bond acceptors (Lipinski definition) is 4. The third kappa shape index (κ3) is 2.28. The van der Waals surface area contributed by atoms with Gasteiger partial charge in [-0.3, -0.25) is 0 Å². The number of anilines is 1. The molecule has 0 aliphatic heterocycles. The quantitative estimate of drug-likeness (QED) is 0.648. The Morgan fingerprint density at radius 1 is 1.44 bits per heavy atom. The highest BCUT2D eigenvalue weighted by atomic mass is 35.5. The summed E-state index contributed by atoms with van der Waals surface area (Å²) in [4.78, 5) is 11.4. The van der Waals surface area contributed by atoms with E-state index < -0.39 is 5.97 Å². The maximum absolute atomic E-state index is 11.4. The molecular formula is C11H12ClNO3. The minimum Gasteiger partial charge on any atom is -0.460 e. The molecule has 1 aromatic heterocycles. The molecule has 1 aromatic carbocycles. The molecule has 86 valence electrons. The summed E-state index contributed by atoms with van der Waals surface area (Å²) in [6, 6.07) is 6.83. The second-order valence-electron chi connectivity index (χ2n) is 3.13. The van der Waals surface area contributed by atoms with Crippen LogP contribution in [0, 0.1) is 0 Å². The number of carbonyl (C=O) groups excluding carboxylic acids is 1. The average molecular weight is 242 g/mol. The van der Waals surface area contributed by atoms with Crippen LogP contribution in [-0.2, 0) is 4.74 Å². The first-order valence-electron chi connectivity index (χ1n) is 4.67. The number of fused-ring (bicyclic) bond motifs is 1. The summed E-state index contributed by atoms with van der Waals surface area (Å²) in [7, 11) is 0. The summed E-state index contributed by atoms with van der Waals surface area (Å²) < 4.78 is 10.1. The van der Waals surface area contributed by atoms with Crippen molar-refractivity contribution in [2.75, 3.05) is 12.3 Å². The van der Waals surface area contributed by atoms with Crippen LogP contribution in [0.2, 0.25) is 0 Å². The molecule has 0 amide bonds. The van der Waals surface area contributed by atoms with Crippen LogP contribution < -0.4 is 5.73 Å². The van der Waals surface area contributed by atoms with Crippen LogP contribution >= 0.6 is 12.4 Å². The number of rotatable bonds is 2. The van der Waals surface area contributed by atoms with Crippen LogP contribution in [0.1, 0.15) is 17.5 Å². The van der Waals surface area contributed by atoms with E-state index in [-0.39, 0.29) is 18.2 Å². The van der Waals surface area contributed by atoms with Crippen molar-refractivity contribution in [1.29, 1.82) is 0 Å². The summed E-state index contributed by atoms with van der Waals surface area (Å²) in [5.74, 6) is -0.246. The zero-order valence-corrected chi connectivity index (χ0v) is 9.54. The topological polar surface area (TPSA) is 65.5 Å². The Balaban J connectivity index is 0.00000128. The minimum absolute atomic E-state index is 0. The van der Waals surface area contributed by atoms with Crippen molar-refractivity contribution in [3.63, 3.8) is 0 Å². The number of nitrogen functional groups attached to an aromatic ring is 1. The summed E-state index contributed by atoms with van der Waals surface area (Å²) in [6.45, 7) is 2.08. The largest absolute Gasteiger partial charge is 0.460 e. The highest BCUT2D eigenvalue weighted by molar-refractivity contribution is 5.93. The van der Waals surface area contributed by atoms with E-state index in [1.807, 2.05) is 0 Å². The molecule has 0 spiro atoms. The third-order valence-corrected chi connectivity index (χ3v) is 2.02. The number of furan rings is 1. The molecule has 2 aromatic rings. The fourth-order valence-corrected chi connectivity index (χ4v) is 1.36. The van der Waals surface area contributed by atoms with Gasteiger partial charge in [0.25, 0.3) is 0 Å². The third-order valence-electron chi connectivity index (χ3n) is 2.02. The van der Waals surface area contributed by atoms with E-state index in [1.165, 1.54) is 0 Å². The molecule has 0 saturated carbocycles. The monoisotopic (exact) mass is 241 g/mol. The van der Waals surface area contributed by atoms with Gasteiger partial charge in [-0.25, -0.2) is 4.79 Å². The van der Waals surface area contributed by atoms with Gasteiger partial charge in [0.15, 0.2) is 0 Å². The number of esters is 1. The van der Waals surface area contributed by atoms with E-state index in [2.05, 4.69) is 0 Å². The van der Waals surface area contributed by atoms with E-state index in [4.69, 9.17) is 14.9 Å². The molecule has 2 rings (SSSR count). The maximum atomic E-state index is 11.4. The molecule has 0 bridgehead atoms. The van der Waals surface area contributed by atoms with Gasteiger partial charge in [0, 0.05) is 11.1 Å². The number of benzene rings is 1. The van der Waals surface area contributed by atoms with Gasteiger partial charge in [0.1, 0.15) is 5.58 Å². The van der Waals surface area contributed by atoms with Crippen molar-refractivity contribution >= 4 is 35.0 Å². The van der Waals surface area contributed by atoms with Gasteiger partial charge >= 0.3 is 5.97 Å². The SMILES string of the molecule is CCOC(=O)c1cc2cc(N)ccc2o1.Cl. The van der Waals surface area contributed by atoms with Gasteiger partial charge in [-0.1, -0.05) is 0 Å². The van der Waals surface area contributed by atoms with Crippen LogP contribution in [-0.4, -0.2) is 12.6 Å². The molecule has 0 aliphatic rings. The molecular weight excluding hydrogens is 230 g/mol. The van der Waals surface area contributed by atoms with E-state index in [1.54, 1.807) is 31.2 Å². The second-order valence-corrected chi connectivity index (χ2v) is 3.13. The van der Waals surface area contributed by atoms with Gasteiger partial charge in [0.05, 0.1) is 6.61 Å². The van der Waals surface area contributed by atoms with Gasteiger partial charge in [-0.05, 0) is 31.2 Å². The molecule has 0 fully saturated rings. The lowest BCUT2D eigenvalue weighted by molar-refractivity contribution is 0.0492. The number of carbonyl (C=O) groups is 1. The smallest absolute Gasteiger partial charge is 0.374 e. The molecule has 0 aliphatic carbocycles. The van der Waals surface area contributed by atoms with Gasteiger partial charge in [-0.2, -0.15) is 0 Å². The summed E-state index contributed by atoms with van der Waals surface area (Å²) >= 11 is 0. The molecule has 2 N–H and O–H groups in total. The lowest BCUT2D eigenvalue weighted by Gasteiger charge is -1.95. The van der Waals surface area contributed by atoms with Crippen LogP contribution in [0.3, 0.4) is 0 Å². The van der Waals surface area contributed by atoms with Crippen molar-refractivity contribution in [1.82, 2.24) is 0 Å². The zero-order valence-electron chi connectivity index (χ0n) is 8.73. The normalized spacial score (nSPS) is 9.81. The Morgan fingerprint density at radius 2 is 2.19 bits per heavy atom. The molecule has 0 saturated heterocycles. The lowest BCUT2D eigenvalue weighted by Crippen LogP contribution is -2.02. The van der Waals surface area contributed by atoms with Gasteiger partial charge < -0.3 is 14.9 Å². The second kappa shape index (κ2) is 4.90. The van der Waals surface area contributed by atoms with Gasteiger partial charge in [0.2, 0.25) is 5.76 Å². The van der Waals surface area contributed by atoms with Crippen molar-refractivity contribution < 1.29 is 13.9 Å². The minimum atomic E-state index is -0.452. The van der Waals surface area contributed by atoms with Crippen molar-refractivity contribution in [3.8, 4) is 0 Å². The maximum Gasteiger partial charge on any atom is 0.374 e. The van der Waals surface area contributed by atoms with E-state index in [0.717, 1.165) is 5.39 Å². The first-order chi connectivity index (χ1) is 7.20. The molecule has 4 nitrogen and oxygen atoms in total. The highest BCUT2D eigenvalue weighted by Gasteiger charge is 2.12. The van der Waals surface area contributed by atoms with Crippen LogP contribution in [0.15, 0.2) is 28.7 Å². The van der Waals surface area contributed by atoms with Gasteiger partial charge in [-0.15, -0.1) is 12.4 Å². The molecule has 16 heavy (non-hydrogen) atoms. The number of hydrogen-bond donors (Lipinski definition) is 1. The zero-order chi connectivity index (χ0) is 10.8. The number of ether oxygens (including phenoxy) is 1. The predicted octanol–water partition coefficient (Wildman–Crippen LogP) is 2.61. The van der Waals surface area contributed by atoms with E-state index in [9.17, 15) is 4.79 Å². The summed E-state index contributed by atoms with van der Waals surface area (Å²) in [5.41, 5.74) is 6.88. The average Bonchev–Trinajstić information content (AvgIpc) is 2.60. The summed E-state index contributed by atoms with van der Waals surface area (Å²) in [5, 5.41) is 0.804. The molecule has 0 unspecified atom stereocenters. The molecule has 1 heterocycles. The first kappa shape index (κ1) is 12.4. The van der Waals surface area contributed by atoms with E-state index >= 15 is 0 Å². The fourth-order valence-electron chi connectivity index (χ4n) is 1.36. The van der Waals surface area contributed by atoms with Crippen molar-refractivity contribution in [3.05, 3.63) is 30.0 Å². The summed E-state index contributed by atoms with van der Waals surface area (Å²) in [6.07, 6.45) is 0. The Morgan fingerprint density at radius 3 is 2.88 bits per heavy atom. The highest BCUT2D eigenvalue weighted by Crippen LogP contribution is 2.22.